The second-order valence-corrected chi connectivity index (χ2v) is 2.14. The molecule has 0 spiro atoms. The van der Waals surface area contributed by atoms with E-state index in [1.165, 1.54) is 12.1 Å². The molecule has 0 aliphatic heterocycles. The summed E-state index contributed by atoms with van der Waals surface area (Å²) in [5, 5.41) is 0. The molecule has 4 heteroatoms. The summed E-state index contributed by atoms with van der Waals surface area (Å²) in [5.41, 5.74) is 0. The van der Waals surface area contributed by atoms with Crippen LogP contribution < -0.4 is 4.74 Å². The number of para-hydroxylation sites is 1. The van der Waals surface area contributed by atoms with Gasteiger partial charge in [-0.25, -0.2) is 0 Å². The molecular weight excluding hydrogens is 181 g/mol. The third-order valence-corrected chi connectivity index (χ3v) is 1.10. The lowest BCUT2D eigenvalue weighted by Gasteiger charge is -1.95. The van der Waals surface area contributed by atoms with E-state index in [-0.39, 0.29) is 0 Å². The van der Waals surface area contributed by atoms with E-state index in [4.69, 9.17) is 0 Å². The van der Waals surface area contributed by atoms with Gasteiger partial charge in [-0.3, -0.25) is 0 Å². The normalized spacial score (nSPS) is 10.1. The number of halogens is 3. The Kier molecular flexibility index (Phi) is 2.80. The standard InChI is InChI=1S/C9H5F3O/c10-9(11,12)6-7-13-8-4-2-1-3-5-8/h1-5H. The summed E-state index contributed by atoms with van der Waals surface area (Å²) < 4.78 is 39.0. The predicted octanol–water partition coefficient (Wildman–Crippen LogP) is 2.59. The molecular formula is C9H5F3O. The van der Waals surface area contributed by atoms with Gasteiger partial charge < -0.3 is 4.74 Å². The molecule has 0 aromatic heterocycles. The Balaban J connectivity index is 2.56. The van der Waals surface area contributed by atoms with Crippen LogP contribution >= 0.6 is 0 Å². The van der Waals surface area contributed by atoms with Crippen molar-refractivity contribution in [3.05, 3.63) is 30.3 Å². The van der Waals surface area contributed by atoms with E-state index in [0.717, 1.165) is 5.92 Å². The van der Waals surface area contributed by atoms with E-state index in [0.29, 0.717) is 5.75 Å². The van der Waals surface area contributed by atoms with Crippen molar-refractivity contribution in [3.8, 4) is 17.8 Å². The van der Waals surface area contributed by atoms with Gasteiger partial charge in [-0.1, -0.05) is 18.2 Å². The minimum absolute atomic E-state index is 0.291. The predicted molar refractivity (Wildman–Crippen MR) is 40.9 cm³/mol. The molecule has 68 valence electrons. The van der Waals surface area contributed by atoms with E-state index in [9.17, 15) is 13.2 Å². The molecule has 13 heavy (non-hydrogen) atoms. The maximum Gasteiger partial charge on any atom is 0.460 e. The minimum Gasteiger partial charge on any atom is -0.407 e. The first kappa shape index (κ1) is 9.46. The molecule has 1 rings (SSSR count). The average molecular weight is 186 g/mol. The molecule has 0 aliphatic carbocycles. The van der Waals surface area contributed by atoms with Crippen LogP contribution in [0.1, 0.15) is 0 Å². The minimum atomic E-state index is -4.51. The number of benzene rings is 1. The average Bonchev–Trinajstić information content (AvgIpc) is 2.04. The fraction of sp³-hybridized carbons (Fsp3) is 0.111. The lowest BCUT2D eigenvalue weighted by atomic mass is 10.3. The molecule has 0 saturated heterocycles. The highest BCUT2D eigenvalue weighted by atomic mass is 19.4. The third-order valence-electron chi connectivity index (χ3n) is 1.10. The van der Waals surface area contributed by atoms with Crippen LogP contribution in [0.25, 0.3) is 0 Å². The van der Waals surface area contributed by atoms with Crippen molar-refractivity contribution in [2.75, 3.05) is 0 Å². The van der Waals surface area contributed by atoms with Crippen molar-refractivity contribution in [2.45, 2.75) is 6.18 Å². The van der Waals surface area contributed by atoms with E-state index < -0.39 is 6.18 Å². The number of alkyl halides is 3. The van der Waals surface area contributed by atoms with Gasteiger partial charge in [-0.2, -0.15) is 13.2 Å². The quantitative estimate of drug-likeness (QED) is 0.612. The third kappa shape index (κ3) is 4.06. The van der Waals surface area contributed by atoms with Gasteiger partial charge >= 0.3 is 6.18 Å². The topological polar surface area (TPSA) is 9.23 Å². The Morgan fingerprint density at radius 3 is 2.23 bits per heavy atom. The van der Waals surface area contributed by atoms with Crippen LogP contribution in [0, 0.1) is 12.0 Å². The number of ether oxygens (including phenoxy) is 1. The van der Waals surface area contributed by atoms with Gasteiger partial charge in [-0.15, -0.1) is 0 Å². The Labute approximate surface area is 73.1 Å². The molecule has 0 radical (unpaired) electrons. The van der Waals surface area contributed by atoms with Gasteiger partial charge in [0.2, 0.25) is 0 Å². The number of hydrogen-bond acceptors (Lipinski definition) is 1. The van der Waals surface area contributed by atoms with Crippen LogP contribution in [0.5, 0.6) is 5.75 Å². The Hall–Kier alpha value is -1.63. The molecule has 1 nitrogen and oxygen atoms in total. The number of hydrogen-bond donors (Lipinski definition) is 0. The fourth-order valence-corrected chi connectivity index (χ4v) is 0.631. The SMILES string of the molecule is FC(F)(F)C#COc1ccccc1. The van der Waals surface area contributed by atoms with Crippen molar-refractivity contribution < 1.29 is 17.9 Å². The second kappa shape index (κ2) is 3.85. The molecule has 0 amide bonds. The van der Waals surface area contributed by atoms with Crippen molar-refractivity contribution in [1.29, 1.82) is 0 Å². The smallest absolute Gasteiger partial charge is 0.407 e. The molecule has 0 bridgehead atoms. The van der Waals surface area contributed by atoms with Gasteiger partial charge in [0.1, 0.15) is 11.9 Å². The zero-order valence-electron chi connectivity index (χ0n) is 6.43. The van der Waals surface area contributed by atoms with E-state index in [2.05, 4.69) is 4.74 Å². The largest absolute Gasteiger partial charge is 0.460 e. The highest BCUT2D eigenvalue weighted by Gasteiger charge is 2.23. The Morgan fingerprint density at radius 1 is 1.08 bits per heavy atom. The van der Waals surface area contributed by atoms with Crippen LogP contribution in [0.2, 0.25) is 0 Å². The first-order valence-corrected chi connectivity index (χ1v) is 3.39. The van der Waals surface area contributed by atoms with Crippen molar-refractivity contribution in [3.63, 3.8) is 0 Å². The summed E-state index contributed by atoms with van der Waals surface area (Å²) in [6.45, 7) is 0. The highest BCUT2D eigenvalue weighted by molar-refractivity contribution is 5.23. The van der Waals surface area contributed by atoms with Crippen LogP contribution in [0.15, 0.2) is 30.3 Å². The molecule has 1 aromatic carbocycles. The summed E-state index contributed by atoms with van der Waals surface area (Å²) in [6.07, 6.45) is -2.94. The molecule has 0 unspecified atom stereocenters. The molecule has 1 aromatic rings. The molecule has 0 saturated carbocycles. The lowest BCUT2D eigenvalue weighted by Crippen LogP contribution is -2.02. The first-order valence-electron chi connectivity index (χ1n) is 3.39. The summed E-state index contributed by atoms with van der Waals surface area (Å²) in [6, 6.07) is 8.05. The van der Waals surface area contributed by atoms with Gasteiger partial charge in [0.25, 0.3) is 0 Å². The monoisotopic (exact) mass is 186 g/mol. The summed E-state index contributed by atoms with van der Waals surface area (Å²) in [5.74, 6) is 1.29. The van der Waals surface area contributed by atoms with Crippen molar-refractivity contribution >= 4 is 0 Å². The number of rotatable bonds is 1. The highest BCUT2D eigenvalue weighted by Crippen LogP contribution is 2.12. The van der Waals surface area contributed by atoms with Crippen molar-refractivity contribution in [1.82, 2.24) is 0 Å². The summed E-state index contributed by atoms with van der Waals surface area (Å²) in [7, 11) is 0. The lowest BCUT2D eigenvalue weighted by molar-refractivity contribution is -0.0701. The zero-order chi connectivity index (χ0) is 9.73. The van der Waals surface area contributed by atoms with E-state index >= 15 is 0 Å². The van der Waals surface area contributed by atoms with E-state index in [1.54, 1.807) is 24.3 Å². The van der Waals surface area contributed by atoms with Crippen LogP contribution in [0.3, 0.4) is 0 Å². The van der Waals surface area contributed by atoms with Gasteiger partial charge in [0.05, 0.1) is 5.92 Å². The molecule has 0 N–H and O–H groups in total. The van der Waals surface area contributed by atoms with Crippen LogP contribution in [0.4, 0.5) is 13.2 Å². The maximum atomic E-state index is 11.5. The molecule has 0 atom stereocenters. The van der Waals surface area contributed by atoms with Gasteiger partial charge in [0, 0.05) is 0 Å². The summed E-state index contributed by atoms with van der Waals surface area (Å²) in [4.78, 5) is 0. The molecule has 0 heterocycles. The van der Waals surface area contributed by atoms with Gasteiger partial charge in [-0.05, 0) is 12.1 Å². The Bertz CT molecular complexity index is 318. The van der Waals surface area contributed by atoms with Crippen LogP contribution in [-0.4, -0.2) is 6.18 Å². The second-order valence-electron chi connectivity index (χ2n) is 2.14. The van der Waals surface area contributed by atoms with Crippen LogP contribution in [-0.2, 0) is 0 Å². The first-order chi connectivity index (χ1) is 6.08. The molecule has 0 aliphatic rings. The van der Waals surface area contributed by atoms with Crippen molar-refractivity contribution in [2.24, 2.45) is 0 Å². The summed E-state index contributed by atoms with van der Waals surface area (Å²) >= 11 is 0. The maximum absolute atomic E-state index is 11.5. The molecule has 0 fully saturated rings. The Morgan fingerprint density at radius 2 is 1.69 bits per heavy atom. The zero-order valence-corrected chi connectivity index (χ0v) is 6.43. The van der Waals surface area contributed by atoms with E-state index in [1.807, 2.05) is 0 Å². The van der Waals surface area contributed by atoms with Gasteiger partial charge in [0.15, 0.2) is 0 Å². The fourth-order valence-electron chi connectivity index (χ4n) is 0.631.